The summed E-state index contributed by atoms with van der Waals surface area (Å²) in [4.78, 5) is 13.1. The van der Waals surface area contributed by atoms with Gasteiger partial charge in [0.2, 0.25) is 0 Å². The van der Waals surface area contributed by atoms with Crippen molar-refractivity contribution in [2.24, 2.45) is 5.84 Å². The third kappa shape index (κ3) is 2.30. The van der Waals surface area contributed by atoms with Crippen molar-refractivity contribution in [1.29, 1.82) is 0 Å². The quantitative estimate of drug-likeness (QED) is 0.391. The Morgan fingerprint density at radius 3 is 2.92 bits per heavy atom. The summed E-state index contributed by atoms with van der Waals surface area (Å²) in [5.41, 5.74) is 2.55. The maximum atomic E-state index is 11.2. The third-order valence-corrected chi connectivity index (χ3v) is 1.58. The van der Waals surface area contributed by atoms with Crippen LogP contribution >= 0.6 is 0 Å². The Kier molecular flexibility index (Phi) is 3.05. The molecule has 72 valence electrons. The number of furan rings is 1. The predicted octanol–water partition coefficient (Wildman–Crippen LogP) is -0.0553. The van der Waals surface area contributed by atoms with E-state index in [4.69, 9.17) is 10.3 Å². The van der Waals surface area contributed by atoms with E-state index in [1.807, 2.05) is 19.0 Å². The summed E-state index contributed by atoms with van der Waals surface area (Å²) >= 11 is 0. The van der Waals surface area contributed by atoms with Gasteiger partial charge in [-0.25, -0.2) is 5.84 Å². The molecule has 0 saturated carbocycles. The van der Waals surface area contributed by atoms with E-state index in [2.05, 4.69) is 5.43 Å². The molecule has 0 spiro atoms. The van der Waals surface area contributed by atoms with Crippen LogP contribution in [0, 0.1) is 0 Å². The molecule has 0 radical (unpaired) electrons. The fourth-order valence-electron chi connectivity index (χ4n) is 1.03. The molecule has 13 heavy (non-hydrogen) atoms. The maximum absolute atomic E-state index is 11.2. The Morgan fingerprint density at radius 1 is 1.69 bits per heavy atom. The molecule has 0 aromatic carbocycles. The molecule has 0 saturated heterocycles. The van der Waals surface area contributed by atoms with Crippen molar-refractivity contribution in [3.8, 4) is 0 Å². The predicted molar refractivity (Wildman–Crippen MR) is 47.8 cm³/mol. The Hall–Kier alpha value is -1.33. The number of carbonyl (C=O) groups excluding carboxylic acids is 1. The molecule has 1 amide bonds. The van der Waals surface area contributed by atoms with Gasteiger partial charge in [0, 0.05) is 0 Å². The molecule has 1 aromatic rings. The molecule has 5 heteroatoms. The number of rotatable bonds is 3. The molecule has 1 rings (SSSR count). The van der Waals surface area contributed by atoms with Gasteiger partial charge in [0.25, 0.3) is 5.91 Å². The van der Waals surface area contributed by atoms with Crippen molar-refractivity contribution >= 4 is 5.91 Å². The van der Waals surface area contributed by atoms with Crippen LogP contribution in [0.15, 0.2) is 16.7 Å². The molecule has 0 fully saturated rings. The molecular formula is C8H13N3O2. The lowest BCUT2D eigenvalue weighted by Gasteiger charge is -2.07. The zero-order valence-electron chi connectivity index (χ0n) is 7.70. The van der Waals surface area contributed by atoms with E-state index in [1.54, 1.807) is 6.07 Å². The molecule has 3 N–H and O–H groups in total. The Bertz CT molecular complexity index is 293. The Morgan fingerprint density at radius 2 is 2.38 bits per heavy atom. The molecular weight excluding hydrogens is 170 g/mol. The van der Waals surface area contributed by atoms with E-state index in [9.17, 15) is 4.79 Å². The fourth-order valence-corrected chi connectivity index (χ4v) is 1.03. The molecule has 1 heterocycles. The molecule has 5 nitrogen and oxygen atoms in total. The molecule has 0 bridgehead atoms. The van der Waals surface area contributed by atoms with Gasteiger partial charge in [-0.1, -0.05) is 0 Å². The van der Waals surface area contributed by atoms with Crippen LogP contribution in [-0.2, 0) is 6.54 Å². The van der Waals surface area contributed by atoms with Gasteiger partial charge in [0.05, 0.1) is 18.4 Å². The molecule has 1 aromatic heterocycles. The van der Waals surface area contributed by atoms with Gasteiger partial charge >= 0.3 is 0 Å². The van der Waals surface area contributed by atoms with Gasteiger partial charge in [0.15, 0.2) is 0 Å². The summed E-state index contributed by atoms with van der Waals surface area (Å²) in [5, 5.41) is 0. The number of hydrogen-bond acceptors (Lipinski definition) is 4. The van der Waals surface area contributed by atoms with Crippen molar-refractivity contribution in [2.45, 2.75) is 6.54 Å². The average Bonchev–Trinajstić information content (AvgIpc) is 2.50. The number of hydrogen-bond donors (Lipinski definition) is 2. The number of nitrogen functional groups attached to an aromatic ring is 1. The maximum Gasteiger partial charge on any atom is 0.268 e. The van der Waals surface area contributed by atoms with E-state index in [0.29, 0.717) is 17.9 Å². The smallest absolute Gasteiger partial charge is 0.268 e. The van der Waals surface area contributed by atoms with Crippen molar-refractivity contribution in [1.82, 2.24) is 10.3 Å². The first-order valence-corrected chi connectivity index (χ1v) is 3.87. The summed E-state index contributed by atoms with van der Waals surface area (Å²) in [6.07, 6.45) is 1.48. The Balaban J connectivity index is 2.83. The highest BCUT2D eigenvalue weighted by Gasteiger charge is 2.13. The third-order valence-electron chi connectivity index (χ3n) is 1.58. The molecule has 0 aliphatic heterocycles. The van der Waals surface area contributed by atoms with E-state index >= 15 is 0 Å². The summed E-state index contributed by atoms with van der Waals surface area (Å²) in [7, 11) is 3.79. The van der Waals surface area contributed by atoms with E-state index < -0.39 is 0 Å². The highest BCUT2D eigenvalue weighted by Crippen LogP contribution is 2.11. The second-order valence-electron chi connectivity index (χ2n) is 2.97. The molecule has 0 aliphatic carbocycles. The van der Waals surface area contributed by atoms with Crippen LogP contribution in [0.3, 0.4) is 0 Å². The van der Waals surface area contributed by atoms with Gasteiger partial charge < -0.3 is 9.32 Å². The molecule has 0 unspecified atom stereocenters. The van der Waals surface area contributed by atoms with Crippen molar-refractivity contribution in [3.63, 3.8) is 0 Å². The summed E-state index contributed by atoms with van der Waals surface area (Å²) in [6.45, 7) is 0.579. The number of carbonyl (C=O) groups is 1. The van der Waals surface area contributed by atoms with Gasteiger partial charge in [-0.15, -0.1) is 0 Å². The van der Waals surface area contributed by atoms with Crippen LogP contribution in [0.25, 0.3) is 0 Å². The lowest BCUT2D eigenvalue weighted by atomic mass is 10.2. The summed E-state index contributed by atoms with van der Waals surface area (Å²) in [5.74, 6) is 5.30. The average molecular weight is 183 g/mol. The number of nitrogens with two attached hydrogens (primary N) is 1. The van der Waals surface area contributed by atoms with Crippen LogP contribution in [0.5, 0.6) is 0 Å². The second kappa shape index (κ2) is 4.06. The minimum absolute atomic E-state index is 0.328. The highest BCUT2D eigenvalue weighted by molar-refractivity contribution is 5.94. The van der Waals surface area contributed by atoms with Crippen LogP contribution < -0.4 is 11.3 Å². The summed E-state index contributed by atoms with van der Waals surface area (Å²) in [6, 6.07) is 1.60. The molecule has 0 aliphatic rings. The topological polar surface area (TPSA) is 71.5 Å². The minimum atomic E-state index is -0.328. The minimum Gasteiger partial charge on any atom is -0.467 e. The first kappa shape index (κ1) is 9.76. The van der Waals surface area contributed by atoms with Crippen molar-refractivity contribution in [3.05, 3.63) is 23.7 Å². The van der Waals surface area contributed by atoms with Crippen molar-refractivity contribution in [2.75, 3.05) is 14.1 Å². The van der Waals surface area contributed by atoms with E-state index in [-0.39, 0.29) is 5.91 Å². The number of nitrogens with one attached hydrogen (secondary N) is 1. The molecule has 0 atom stereocenters. The Labute approximate surface area is 76.5 Å². The first-order chi connectivity index (χ1) is 6.15. The van der Waals surface area contributed by atoms with E-state index in [1.165, 1.54) is 6.26 Å². The fraction of sp³-hybridized carbons (Fsp3) is 0.375. The van der Waals surface area contributed by atoms with Crippen LogP contribution in [0.2, 0.25) is 0 Å². The number of amides is 1. The van der Waals surface area contributed by atoms with Gasteiger partial charge in [-0.2, -0.15) is 0 Å². The monoisotopic (exact) mass is 183 g/mol. The van der Waals surface area contributed by atoms with Crippen LogP contribution in [-0.4, -0.2) is 24.9 Å². The first-order valence-electron chi connectivity index (χ1n) is 3.87. The zero-order valence-corrected chi connectivity index (χ0v) is 7.70. The normalized spacial score (nSPS) is 10.5. The zero-order chi connectivity index (χ0) is 9.84. The van der Waals surface area contributed by atoms with Crippen LogP contribution in [0.4, 0.5) is 0 Å². The van der Waals surface area contributed by atoms with Gasteiger partial charge in [-0.3, -0.25) is 10.2 Å². The lowest BCUT2D eigenvalue weighted by Crippen LogP contribution is -2.30. The number of hydrazine groups is 1. The lowest BCUT2D eigenvalue weighted by molar-refractivity contribution is 0.0950. The highest BCUT2D eigenvalue weighted by atomic mass is 16.3. The van der Waals surface area contributed by atoms with Crippen molar-refractivity contribution < 1.29 is 9.21 Å². The van der Waals surface area contributed by atoms with Gasteiger partial charge in [-0.05, 0) is 20.2 Å². The second-order valence-corrected chi connectivity index (χ2v) is 2.97. The van der Waals surface area contributed by atoms with Crippen LogP contribution in [0.1, 0.15) is 16.1 Å². The summed E-state index contributed by atoms with van der Waals surface area (Å²) < 4.78 is 5.14. The number of nitrogens with zero attached hydrogens (tertiary/aromatic N) is 1. The van der Waals surface area contributed by atoms with E-state index in [0.717, 1.165) is 0 Å². The largest absolute Gasteiger partial charge is 0.467 e. The standard InChI is InChI=1S/C8H13N3O2/c1-11(2)5-7-6(3-4-13-7)8(12)10-9/h3-4H,5,9H2,1-2H3,(H,10,12). The van der Waals surface area contributed by atoms with Gasteiger partial charge in [0.1, 0.15) is 5.76 Å². The SMILES string of the molecule is CN(C)Cc1occc1C(=O)NN.